The van der Waals surface area contributed by atoms with Crippen LogP contribution in [0.1, 0.15) is 21.7 Å². The van der Waals surface area contributed by atoms with Crippen molar-refractivity contribution in [3.63, 3.8) is 0 Å². The minimum atomic E-state index is -4.57. The first kappa shape index (κ1) is 14.0. The van der Waals surface area contributed by atoms with Crippen LogP contribution in [0.15, 0.2) is 34.9 Å². The summed E-state index contributed by atoms with van der Waals surface area (Å²) in [4.78, 5) is 11.8. The molecule has 4 nitrogen and oxygen atoms in total. The average molecular weight is 284 g/mol. The van der Waals surface area contributed by atoms with Crippen LogP contribution >= 0.6 is 0 Å². The van der Waals surface area contributed by atoms with Crippen LogP contribution in [0.3, 0.4) is 0 Å². The highest BCUT2D eigenvalue weighted by molar-refractivity contribution is 6.04. The molecule has 3 N–H and O–H groups in total. The van der Waals surface area contributed by atoms with Crippen LogP contribution in [0.2, 0.25) is 0 Å². The van der Waals surface area contributed by atoms with E-state index in [4.69, 9.17) is 10.2 Å². The van der Waals surface area contributed by atoms with Crippen LogP contribution in [0, 0.1) is 6.92 Å². The average Bonchev–Trinajstić information content (AvgIpc) is 2.77. The smallest absolute Gasteiger partial charge is 0.418 e. The number of rotatable bonds is 2. The standard InChI is InChI=1S/C13H11F3N2O2/c1-7-4-8(6-20-7)12(19)18-9-2-3-11(17)10(5-9)13(14,15)16/h2-6H,17H2,1H3,(H,18,19). The highest BCUT2D eigenvalue weighted by Crippen LogP contribution is 2.35. The molecule has 0 saturated heterocycles. The normalized spacial score (nSPS) is 11.4. The Morgan fingerprint density at radius 3 is 2.55 bits per heavy atom. The summed E-state index contributed by atoms with van der Waals surface area (Å²) in [6.07, 6.45) is -3.34. The van der Waals surface area contributed by atoms with Gasteiger partial charge in [0.25, 0.3) is 5.91 Å². The zero-order chi connectivity index (χ0) is 14.9. The number of nitrogen functional groups attached to an aromatic ring is 1. The maximum atomic E-state index is 12.7. The van der Waals surface area contributed by atoms with Gasteiger partial charge in [-0.2, -0.15) is 13.2 Å². The Labute approximate surface area is 112 Å². The second kappa shape index (κ2) is 4.92. The molecule has 1 heterocycles. The lowest BCUT2D eigenvalue weighted by Crippen LogP contribution is -2.13. The Kier molecular flexibility index (Phi) is 3.44. The first-order valence-electron chi connectivity index (χ1n) is 5.60. The van der Waals surface area contributed by atoms with Crippen LogP contribution in [-0.2, 0) is 6.18 Å². The van der Waals surface area contributed by atoms with Gasteiger partial charge in [-0.1, -0.05) is 0 Å². The number of alkyl halides is 3. The van der Waals surface area contributed by atoms with Crippen molar-refractivity contribution in [3.05, 3.63) is 47.4 Å². The van der Waals surface area contributed by atoms with Crippen molar-refractivity contribution < 1.29 is 22.4 Å². The lowest BCUT2D eigenvalue weighted by molar-refractivity contribution is -0.136. The molecule has 1 aromatic carbocycles. The molecule has 2 rings (SSSR count). The third-order valence-corrected chi connectivity index (χ3v) is 2.61. The molecule has 1 amide bonds. The monoisotopic (exact) mass is 284 g/mol. The zero-order valence-electron chi connectivity index (χ0n) is 10.4. The van der Waals surface area contributed by atoms with E-state index in [2.05, 4.69) is 5.32 Å². The van der Waals surface area contributed by atoms with Gasteiger partial charge in [0.2, 0.25) is 0 Å². The summed E-state index contributed by atoms with van der Waals surface area (Å²) in [6, 6.07) is 4.67. The molecule has 1 aromatic heterocycles. The van der Waals surface area contributed by atoms with Gasteiger partial charge in [-0.3, -0.25) is 4.79 Å². The fraction of sp³-hybridized carbons (Fsp3) is 0.154. The van der Waals surface area contributed by atoms with E-state index in [-0.39, 0.29) is 11.3 Å². The van der Waals surface area contributed by atoms with E-state index in [0.717, 1.165) is 12.1 Å². The predicted octanol–water partition coefficient (Wildman–Crippen LogP) is 3.44. The van der Waals surface area contributed by atoms with Crippen LogP contribution in [0.25, 0.3) is 0 Å². The number of amides is 1. The van der Waals surface area contributed by atoms with Gasteiger partial charge in [0.1, 0.15) is 12.0 Å². The molecular weight excluding hydrogens is 273 g/mol. The van der Waals surface area contributed by atoms with Crippen LogP contribution in [0.4, 0.5) is 24.5 Å². The molecule has 20 heavy (non-hydrogen) atoms. The maximum Gasteiger partial charge on any atom is 0.418 e. The van der Waals surface area contributed by atoms with Gasteiger partial charge in [-0.25, -0.2) is 0 Å². The number of nitrogens with one attached hydrogen (secondary N) is 1. The number of carbonyl (C=O) groups is 1. The van der Waals surface area contributed by atoms with Gasteiger partial charge in [0.05, 0.1) is 11.1 Å². The largest absolute Gasteiger partial charge is 0.469 e. The summed E-state index contributed by atoms with van der Waals surface area (Å²) in [6.45, 7) is 1.65. The first-order valence-corrected chi connectivity index (χ1v) is 5.60. The zero-order valence-corrected chi connectivity index (χ0v) is 10.4. The van der Waals surface area contributed by atoms with E-state index in [0.29, 0.717) is 5.76 Å². The fourth-order valence-corrected chi connectivity index (χ4v) is 1.65. The summed E-state index contributed by atoms with van der Waals surface area (Å²) in [5.41, 5.74) is 4.13. The van der Waals surface area contributed by atoms with E-state index in [1.807, 2.05) is 0 Å². The van der Waals surface area contributed by atoms with E-state index in [9.17, 15) is 18.0 Å². The molecule has 0 spiro atoms. The topological polar surface area (TPSA) is 68.3 Å². The number of benzene rings is 1. The van der Waals surface area contributed by atoms with E-state index in [1.54, 1.807) is 6.92 Å². The summed E-state index contributed by atoms with van der Waals surface area (Å²) in [5.74, 6) is -0.0248. The van der Waals surface area contributed by atoms with Gasteiger partial charge in [0.15, 0.2) is 0 Å². The van der Waals surface area contributed by atoms with Crippen molar-refractivity contribution in [3.8, 4) is 0 Å². The van der Waals surface area contributed by atoms with Crippen molar-refractivity contribution in [2.45, 2.75) is 13.1 Å². The Morgan fingerprint density at radius 1 is 1.30 bits per heavy atom. The number of nitrogens with two attached hydrogens (primary N) is 1. The molecule has 0 aliphatic heterocycles. The van der Waals surface area contributed by atoms with E-state index in [1.165, 1.54) is 18.4 Å². The third-order valence-electron chi connectivity index (χ3n) is 2.61. The van der Waals surface area contributed by atoms with Gasteiger partial charge in [-0.15, -0.1) is 0 Å². The molecule has 0 radical (unpaired) electrons. The number of furan rings is 1. The number of halogens is 3. The number of carbonyl (C=O) groups excluding carboxylic acids is 1. The lowest BCUT2D eigenvalue weighted by atomic mass is 10.1. The Bertz CT molecular complexity index is 647. The van der Waals surface area contributed by atoms with Crippen LogP contribution < -0.4 is 11.1 Å². The summed E-state index contributed by atoms with van der Waals surface area (Å²) in [5, 5.41) is 2.36. The molecular formula is C13H11F3N2O2. The summed E-state index contributed by atoms with van der Waals surface area (Å²) >= 11 is 0. The molecule has 2 aromatic rings. The van der Waals surface area contributed by atoms with Crippen molar-refractivity contribution in [1.29, 1.82) is 0 Å². The van der Waals surface area contributed by atoms with Crippen molar-refractivity contribution in [2.75, 3.05) is 11.1 Å². The molecule has 0 saturated carbocycles. The van der Waals surface area contributed by atoms with Crippen molar-refractivity contribution in [2.24, 2.45) is 0 Å². The SMILES string of the molecule is Cc1cc(C(=O)Nc2ccc(N)c(C(F)(F)F)c2)co1. The Balaban J connectivity index is 2.24. The number of hydrogen-bond acceptors (Lipinski definition) is 3. The number of hydrogen-bond donors (Lipinski definition) is 2. The Morgan fingerprint density at radius 2 is 2.00 bits per heavy atom. The minimum Gasteiger partial charge on any atom is -0.469 e. The maximum absolute atomic E-state index is 12.7. The van der Waals surface area contributed by atoms with Crippen molar-refractivity contribution >= 4 is 17.3 Å². The van der Waals surface area contributed by atoms with E-state index < -0.39 is 23.3 Å². The second-order valence-electron chi connectivity index (χ2n) is 4.20. The van der Waals surface area contributed by atoms with E-state index >= 15 is 0 Å². The van der Waals surface area contributed by atoms with Crippen LogP contribution in [0.5, 0.6) is 0 Å². The molecule has 0 aliphatic carbocycles. The molecule has 0 aliphatic rings. The highest BCUT2D eigenvalue weighted by Gasteiger charge is 2.33. The molecule has 0 atom stereocenters. The molecule has 0 fully saturated rings. The summed E-state index contributed by atoms with van der Waals surface area (Å²) in [7, 11) is 0. The highest BCUT2D eigenvalue weighted by atomic mass is 19.4. The van der Waals surface area contributed by atoms with Crippen LogP contribution in [-0.4, -0.2) is 5.91 Å². The first-order chi connectivity index (χ1) is 9.27. The molecule has 106 valence electrons. The summed E-state index contributed by atoms with van der Waals surface area (Å²) < 4.78 is 43.0. The lowest BCUT2D eigenvalue weighted by Gasteiger charge is -2.12. The number of anilines is 2. The molecule has 0 unspecified atom stereocenters. The Hall–Kier alpha value is -2.44. The third kappa shape index (κ3) is 2.93. The fourth-order valence-electron chi connectivity index (χ4n) is 1.65. The van der Waals surface area contributed by atoms with Gasteiger partial charge in [0, 0.05) is 11.4 Å². The predicted molar refractivity (Wildman–Crippen MR) is 67.3 cm³/mol. The molecule has 0 bridgehead atoms. The molecule has 7 heteroatoms. The van der Waals surface area contributed by atoms with Gasteiger partial charge < -0.3 is 15.5 Å². The second-order valence-corrected chi connectivity index (χ2v) is 4.20. The van der Waals surface area contributed by atoms with Gasteiger partial charge in [-0.05, 0) is 31.2 Å². The number of aryl methyl sites for hydroxylation is 1. The quantitative estimate of drug-likeness (QED) is 0.830. The van der Waals surface area contributed by atoms with Crippen molar-refractivity contribution in [1.82, 2.24) is 0 Å². The van der Waals surface area contributed by atoms with Gasteiger partial charge >= 0.3 is 6.18 Å². The minimum absolute atomic E-state index is 0.00961.